The summed E-state index contributed by atoms with van der Waals surface area (Å²) < 4.78 is 23.5. The molecule has 1 atom stereocenters. The highest BCUT2D eigenvalue weighted by Gasteiger charge is 2.58. The molecule has 1 aliphatic heterocycles. The number of rotatable bonds is 7. The summed E-state index contributed by atoms with van der Waals surface area (Å²) in [6.45, 7) is 2.74. The summed E-state index contributed by atoms with van der Waals surface area (Å²) in [4.78, 5) is 15.3. The van der Waals surface area contributed by atoms with E-state index in [2.05, 4.69) is 27.0 Å². The van der Waals surface area contributed by atoms with Gasteiger partial charge in [-0.2, -0.15) is 11.3 Å². The van der Waals surface area contributed by atoms with Gasteiger partial charge in [0.15, 0.2) is 0 Å². The van der Waals surface area contributed by atoms with Crippen molar-refractivity contribution in [2.75, 3.05) is 25.1 Å². The van der Waals surface area contributed by atoms with Crippen LogP contribution in [0.1, 0.15) is 44.1 Å². The first-order valence-corrected chi connectivity index (χ1v) is 12.5. The maximum absolute atomic E-state index is 13.2. The number of piperidine rings is 1. The lowest BCUT2D eigenvalue weighted by Gasteiger charge is -2.30. The van der Waals surface area contributed by atoms with E-state index < -0.39 is 9.84 Å². The Labute approximate surface area is 160 Å². The Morgan fingerprint density at radius 1 is 1.31 bits per heavy atom. The number of amides is 1. The number of hydrogen-bond donors (Lipinski definition) is 1. The monoisotopic (exact) mass is 396 g/mol. The van der Waals surface area contributed by atoms with Crippen molar-refractivity contribution in [3.63, 3.8) is 0 Å². The Kier molecular flexibility index (Phi) is 4.68. The fraction of sp³-hybridized carbons (Fsp3) is 0.737. The molecule has 1 aromatic heterocycles. The third-order valence-corrected chi connectivity index (χ3v) is 8.30. The Hall–Kier alpha value is -0.920. The van der Waals surface area contributed by atoms with Gasteiger partial charge in [0, 0.05) is 25.3 Å². The Balaban J connectivity index is 1.49. The molecule has 0 aromatic carbocycles. The van der Waals surface area contributed by atoms with Gasteiger partial charge in [0.2, 0.25) is 5.91 Å². The fourth-order valence-corrected chi connectivity index (χ4v) is 6.87. The molecular weight excluding hydrogens is 368 g/mol. The van der Waals surface area contributed by atoms with Crippen LogP contribution in [0.25, 0.3) is 0 Å². The average Bonchev–Trinajstić information content (AvgIpc) is 3.39. The Bertz CT molecular complexity index is 763. The molecule has 144 valence electrons. The Morgan fingerprint density at radius 2 is 2.04 bits per heavy atom. The Morgan fingerprint density at radius 3 is 2.62 bits per heavy atom. The fourth-order valence-electron chi connectivity index (χ4n) is 4.71. The van der Waals surface area contributed by atoms with Crippen LogP contribution in [0.3, 0.4) is 0 Å². The van der Waals surface area contributed by atoms with Crippen molar-refractivity contribution in [1.29, 1.82) is 0 Å². The molecule has 1 unspecified atom stereocenters. The SMILES string of the molecule is CS(=O)(=O)CC1(CC(=O)N(Cc2ccsc2)C2CC23CCNCC3)CC1. The molecule has 7 heteroatoms. The summed E-state index contributed by atoms with van der Waals surface area (Å²) in [5.74, 6) is 0.301. The van der Waals surface area contributed by atoms with Crippen molar-refractivity contribution in [3.8, 4) is 0 Å². The highest BCUT2D eigenvalue weighted by molar-refractivity contribution is 7.90. The molecule has 2 aliphatic carbocycles. The van der Waals surface area contributed by atoms with Crippen molar-refractivity contribution in [3.05, 3.63) is 22.4 Å². The van der Waals surface area contributed by atoms with Crippen LogP contribution in [-0.4, -0.2) is 50.4 Å². The highest BCUT2D eigenvalue weighted by atomic mass is 32.2. The normalized spacial score (nSPS) is 25.8. The molecule has 5 nitrogen and oxygen atoms in total. The van der Waals surface area contributed by atoms with Crippen LogP contribution in [-0.2, 0) is 21.2 Å². The first-order valence-electron chi connectivity index (χ1n) is 9.50. The molecule has 2 saturated carbocycles. The quantitative estimate of drug-likeness (QED) is 0.769. The van der Waals surface area contributed by atoms with E-state index >= 15 is 0 Å². The largest absolute Gasteiger partial charge is 0.335 e. The van der Waals surface area contributed by atoms with Gasteiger partial charge in [-0.25, -0.2) is 8.42 Å². The second-order valence-electron chi connectivity index (χ2n) is 8.73. The van der Waals surface area contributed by atoms with E-state index in [1.165, 1.54) is 11.8 Å². The maximum atomic E-state index is 13.2. The summed E-state index contributed by atoms with van der Waals surface area (Å²) in [6, 6.07) is 2.41. The molecule has 3 fully saturated rings. The number of nitrogens with zero attached hydrogens (tertiary/aromatic N) is 1. The number of nitrogens with one attached hydrogen (secondary N) is 1. The van der Waals surface area contributed by atoms with Crippen LogP contribution < -0.4 is 5.32 Å². The predicted octanol–water partition coefficient (Wildman–Crippen LogP) is 2.43. The van der Waals surface area contributed by atoms with Crippen LogP contribution >= 0.6 is 11.3 Å². The zero-order valence-electron chi connectivity index (χ0n) is 15.4. The molecule has 1 spiro atoms. The number of hydrogen-bond acceptors (Lipinski definition) is 5. The lowest BCUT2D eigenvalue weighted by Crippen LogP contribution is -2.40. The molecule has 1 saturated heterocycles. The number of sulfone groups is 1. The van der Waals surface area contributed by atoms with Crippen LogP contribution in [0, 0.1) is 10.8 Å². The minimum absolute atomic E-state index is 0.151. The zero-order valence-corrected chi connectivity index (χ0v) is 17.0. The molecule has 1 N–H and O–H groups in total. The van der Waals surface area contributed by atoms with Gasteiger partial charge >= 0.3 is 0 Å². The second-order valence-corrected chi connectivity index (χ2v) is 11.7. The van der Waals surface area contributed by atoms with Crippen molar-refractivity contribution in [1.82, 2.24) is 10.2 Å². The number of thiophene rings is 1. The van der Waals surface area contributed by atoms with Gasteiger partial charge in [0.05, 0.1) is 5.75 Å². The van der Waals surface area contributed by atoms with Gasteiger partial charge in [0.25, 0.3) is 0 Å². The minimum Gasteiger partial charge on any atom is -0.335 e. The van der Waals surface area contributed by atoms with E-state index in [1.807, 2.05) is 0 Å². The van der Waals surface area contributed by atoms with Gasteiger partial charge in [-0.1, -0.05) is 0 Å². The minimum atomic E-state index is -3.05. The van der Waals surface area contributed by atoms with E-state index in [4.69, 9.17) is 0 Å². The predicted molar refractivity (Wildman–Crippen MR) is 104 cm³/mol. The lowest BCUT2D eigenvalue weighted by molar-refractivity contribution is -0.134. The van der Waals surface area contributed by atoms with E-state index in [0.29, 0.717) is 24.4 Å². The van der Waals surface area contributed by atoms with Gasteiger partial charge < -0.3 is 10.2 Å². The molecule has 2 heterocycles. The number of carbonyl (C=O) groups excluding carboxylic acids is 1. The topological polar surface area (TPSA) is 66.5 Å². The number of carbonyl (C=O) groups is 1. The van der Waals surface area contributed by atoms with Gasteiger partial charge in [0.1, 0.15) is 9.84 Å². The lowest BCUT2D eigenvalue weighted by atomic mass is 9.93. The summed E-state index contributed by atoms with van der Waals surface area (Å²) >= 11 is 1.66. The van der Waals surface area contributed by atoms with Gasteiger partial charge in [-0.15, -0.1) is 0 Å². The smallest absolute Gasteiger partial charge is 0.223 e. The molecule has 0 radical (unpaired) electrons. The maximum Gasteiger partial charge on any atom is 0.223 e. The van der Waals surface area contributed by atoms with Crippen LogP contribution in [0.15, 0.2) is 16.8 Å². The van der Waals surface area contributed by atoms with Crippen LogP contribution in [0.2, 0.25) is 0 Å². The standard InChI is InChI=1S/C19H28N2O3S2/c1-26(23,24)14-18(3-4-18)11-17(22)21(12-15-2-9-25-13-15)16-10-19(16)5-7-20-8-6-19/h2,9,13,16,20H,3-8,10-12,14H2,1H3. The molecule has 4 rings (SSSR count). The van der Waals surface area contributed by atoms with Crippen molar-refractivity contribution < 1.29 is 13.2 Å². The van der Waals surface area contributed by atoms with E-state index in [1.54, 1.807) is 11.3 Å². The summed E-state index contributed by atoms with van der Waals surface area (Å²) in [7, 11) is -3.05. The summed E-state index contributed by atoms with van der Waals surface area (Å²) in [5.41, 5.74) is 1.19. The summed E-state index contributed by atoms with van der Waals surface area (Å²) in [6.07, 6.45) is 6.76. The second kappa shape index (κ2) is 6.60. The van der Waals surface area contributed by atoms with Crippen LogP contribution in [0.4, 0.5) is 0 Å². The molecule has 3 aliphatic rings. The van der Waals surface area contributed by atoms with Crippen molar-refractivity contribution in [2.24, 2.45) is 10.8 Å². The summed E-state index contributed by atoms with van der Waals surface area (Å²) in [5, 5.41) is 7.59. The highest BCUT2D eigenvalue weighted by Crippen LogP contribution is 2.57. The first kappa shape index (κ1) is 18.4. The zero-order chi connectivity index (χ0) is 18.4. The molecule has 0 bridgehead atoms. The third-order valence-electron chi connectivity index (χ3n) is 6.43. The van der Waals surface area contributed by atoms with Gasteiger partial charge in [-0.3, -0.25) is 4.79 Å². The molecule has 26 heavy (non-hydrogen) atoms. The van der Waals surface area contributed by atoms with E-state index in [9.17, 15) is 13.2 Å². The van der Waals surface area contributed by atoms with Crippen molar-refractivity contribution in [2.45, 2.75) is 51.1 Å². The first-order chi connectivity index (χ1) is 12.3. The average molecular weight is 397 g/mol. The molecule has 1 aromatic rings. The van der Waals surface area contributed by atoms with Gasteiger partial charge in [-0.05, 0) is 78.4 Å². The van der Waals surface area contributed by atoms with E-state index in [0.717, 1.165) is 45.2 Å². The van der Waals surface area contributed by atoms with Crippen molar-refractivity contribution >= 4 is 27.1 Å². The molecular formula is C19H28N2O3S2. The molecule has 1 amide bonds. The van der Waals surface area contributed by atoms with E-state index in [-0.39, 0.29) is 17.1 Å². The third kappa shape index (κ3) is 3.99. The van der Waals surface area contributed by atoms with Crippen LogP contribution in [0.5, 0.6) is 0 Å².